The molecule has 0 spiro atoms. The molecule has 0 saturated carbocycles. The van der Waals surface area contributed by atoms with Crippen LogP contribution in [0.1, 0.15) is 18.0 Å². The summed E-state index contributed by atoms with van der Waals surface area (Å²) < 4.78 is 0. The van der Waals surface area contributed by atoms with Gasteiger partial charge >= 0.3 is 0 Å². The molecule has 0 unspecified atom stereocenters. The van der Waals surface area contributed by atoms with Crippen LogP contribution in [0.3, 0.4) is 0 Å². The molecule has 3 heteroatoms. The number of halogens is 1. The van der Waals surface area contributed by atoms with Crippen LogP contribution in [0.25, 0.3) is 10.8 Å². The summed E-state index contributed by atoms with van der Waals surface area (Å²) in [5.41, 5.74) is 7.00. The molecule has 16 heavy (non-hydrogen) atoms. The third-order valence-corrected chi connectivity index (χ3v) is 2.53. The molecule has 2 rings (SSSR count). The molecule has 0 radical (unpaired) electrons. The molecule has 0 saturated heterocycles. The van der Waals surface area contributed by atoms with Crippen molar-refractivity contribution in [3.63, 3.8) is 0 Å². The fourth-order valence-corrected chi connectivity index (χ4v) is 1.78. The SMILES string of the molecule is Cl.N#CC[C@H](N)c1cccc2ccccc12. The summed E-state index contributed by atoms with van der Waals surface area (Å²) in [5, 5.41) is 11.0. The predicted octanol–water partition coefficient (Wildman–Crippen LogP) is 3.18. The molecule has 2 nitrogen and oxygen atoms in total. The van der Waals surface area contributed by atoms with Crippen molar-refractivity contribution in [1.82, 2.24) is 0 Å². The maximum Gasteiger partial charge on any atom is 0.0641 e. The van der Waals surface area contributed by atoms with E-state index >= 15 is 0 Å². The van der Waals surface area contributed by atoms with Crippen LogP contribution in [0.2, 0.25) is 0 Å². The van der Waals surface area contributed by atoms with Gasteiger partial charge in [0.15, 0.2) is 0 Å². The Morgan fingerprint density at radius 2 is 1.81 bits per heavy atom. The number of benzene rings is 2. The van der Waals surface area contributed by atoms with Gasteiger partial charge in [-0.05, 0) is 16.3 Å². The highest BCUT2D eigenvalue weighted by atomic mass is 35.5. The second-order valence-corrected chi connectivity index (χ2v) is 3.54. The van der Waals surface area contributed by atoms with Crippen molar-refractivity contribution in [3.8, 4) is 6.07 Å². The highest BCUT2D eigenvalue weighted by Crippen LogP contribution is 2.24. The summed E-state index contributed by atoms with van der Waals surface area (Å²) in [6.07, 6.45) is 0.355. The maximum absolute atomic E-state index is 8.64. The number of nitrogens with zero attached hydrogens (tertiary/aromatic N) is 1. The molecule has 2 N–H and O–H groups in total. The van der Waals surface area contributed by atoms with Crippen LogP contribution in [-0.2, 0) is 0 Å². The summed E-state index contributed by atoms with van der Waals surface area (Å²) in [4.78, 5) is 0. The van der Waals surface area contributed by atoms with Gasteiger partial charge in [-0.3, -0.25) is 0 Å². The van der Waals surface area contributed by atoms with Gasteiger partial charge in [-0.1, -0.05) is 42.5 Å². The third kappa shape index (κ3) is 2.33. The van der Waals surface area contributed by atoms with Crippen LogP contribution in [0.15, 0.2) is 42.5 Å². The quantitative estimate of drug-likeness (QED) is 0.865. The van der Waals surface area contributed by atoms with Gasteiger partial charge in [-0.25, -0.2) is 0 Å². The maximum atomic E-state index is 8.64. The van der Waals surface area contributed by atoms with Crippen LogP contribution in [0.4, 0.5) is 0 Å². The minimum atomic E-state index is -0.193. The first kappa shape index (κ1) is 12.5. The van der Waals surface area contributed by atoms with Crippen molar-refractivity contribution in [2.24, 2.45) is 5.73 Å². The van der Waals surface area contributed by atoms with E-state index in [0.29, 0.717) is 6.42 Å². The monoisotopic (exact) mass is 232 g/mol. The first-order valence-corrected chi connectivity index (χ1v) is 4.93. The second-order valence-electron chi connectivity index (χ2n) is 3.54. The van der Waals surface area contributed by atoms with Crippen molar-refractivity contribution in [3.05, 3.63) is 48.0 Å². The number of hydrogen-bond donors (Lipinski definition) is 1. The first-order valence-electron chi connectivity index (χ1n) is 4.93. The molecule has 2 aromatic rings. The summed E-state index contributed by atoms with van der Waals surface area (Å²) in [5.74, 6) is 0. The fraction of sp³-hybridized carbons (Fsp3) is 0.154. The molecule has 0 amide bonds. The average molecular weight is 233 g/mol. The lowest BCUT2D eigenvalue weighted by atomic mass is 9.98. The highest BCUT2D eigenvalue weighted by molar-refractivity contribution is 5.86. The van der Waals surface area contributed by atoms with Crippen molar-refractivity contribution in [2.45, 2.75) is 12.5 Å². The van der Waals surface area contributed by atoms with Gasteiger partial charge in [0, 0.05) is 6.04 Å². The Bertz CT molecular complexity index is 511. The average Bonchev–Trinajstić information content (AvgIpc) is 2.28. The van der Waals surface area contributed by atoms with E-state index < -0.39 is 0 Å². The van der Waals surface area contributed by atoms with Crippen LogP contribution in [-0.4, -0.2) is 0 Å². The number of hydrogen-bond acceptors (Lipinski definition) is 2. The lowest BCUT2D eigenvalue weighted by molar-refractivity contribution is 0.755. The van der Waals surface area contributed by atoms with E-state index in [2.05, 4.69) is 18.2 Å². The van der Waals surface area contributed by atoms with E-state index in [0.717, 1.165) is 10.9 Å². The summed E-state index contributed by atoms with van der Waals surface area (Å²) in [6.45, 7) is 0. The van der Waals surface area contributed by atoms with Crippen LogP contribution in [0, 0.1) is 11.3 Å². The number of rotatable bonds is 2. The largest absolute Gasteiger partial charge is 0.323 e. The molecule has 0 aliphatic rings. The fourth-order valence-electron chi connectivity index (χ4n) is 1.78. The molecule has 0 aromatic heterocycles. The molecule has 82 valence electrons. The summed E-state index contributed by atoms with van der Waals surface area (Å²) in [6, 6.07) is 16.0. The Hall–Kier alpha value is -1.56. The molecule has 2 aromatic carbocycles. The Morgan fingerprint density at radius 1 is 1.12 bits per heavy atom. The Balaban J connectivity index is 0.00000128. The summed E-state index contributed by atoms with van der Waals surface area (Å²) >= 11 is 0. The van der Waals surface area contributed by atoms with Gasteiger partial charge in [-0.2, -0.15) is 5.26 Å². The van der Waals surface area contributed by atoms with Gasteiger partial charge in [0.05, 0.1) is 12.5 Å². The zero-order valence-corrected chi connectivity index (χ0v) is 9.58. The standard InChI is InChI=1S/C13H12N2.ClH/c14-9-8-13(15)12-7-3-5-10-4-1-2-6-11(10)12;/h1-7,13H,8,15H2;1H/t13-;/m0./s1. The van der Waals surface area contributed by atoms with Crippen LogP contribution >= 0.6 is 12.4 Å². The Morgan fingerprint density at radius 3 is 2.56 bits per heavy atom. The number of nitrogens with two attached hydrogens (primary N) is 1. The van der Waals surface area contributed by atoms with Gasteiger partial charge in [0.25, 0.3) is 0 Å². The van der Waals surface area contributed by atoms with E-state index in [4.69, 9.17) is 11.0 Å². The van der Waals surface area contributed by atoms with Gasteiger partial charge in [0.2, 0.25) is 0 Å². The molecular formula is C13H13ClN2. The minimum absolute atomic E-state index is 0. The molecule has 0 bridgehead atoms. The van der Waals surface area contributed by atoms with Gasteiger partial charge in [0.1, 0.15) is 0 Å². The van der Waals surface area contributed by atoms with Crippen molar-refractivity contribution in [1.29, 1.82) is 5.26 Å². The first-order chi connectivity index (χ1) is 7.33. The van der Waals surface area contributed by atoms with E-state index in [9.17, 15) is 0 Å². The van der Waals surface area contributed by atoms with E-state index in [1.807, 2.05) is 30.3 Å². The van der Waals surface area contributed by atoms with E-state index in [-0.39, 0.29) is 18.4 Å². The normalized spacial score (nSPS) is 11.5. The minimum Gasteiger partial charge on any atom is -0.323 e. The molecule has 0 aliphatic carbocycles. The van der Waals surface area contributed by atoms with Crippen molar-refractivity contribution < 1.29 is 0 Å². The van der Waals surface area contributed by atoms with Crippen molar-refractivity contribution in [2.75, 3.05) is 0 Å². The van der Waals surface area contributed by atoms with Crippen LogP contribution in [0.5, 0.6) is 0 Å². The second kappa shape index (κ2) is 5.50. The summed E-state index contributed by atoms with van der Waals surface area (Å²) in [7, 11) is 0. The van der Waals surface area contributed by atoms with E-state index in [1.165, 1.54) is 5.39 Å². The zero-order chi connectivity index (χ0) is 10.7. The van der Waals surface area contributed by atoms with Crippen molar-refractivity contribution >= 4 is 23.2 Å². The van der Waals surface area contributed by atoms with Crippen LogP contribution < -0.4 is 5.73 Å². The predicted molar refractivity (Wildman–Crippen MR) is 68.4 cm³/mol. The molecule has 1 atom stereocenters. The third-order valence-electron chi connectivity index (χ3n) is 2.53. The zero-order valence-electron chi connectivity index (χ0n) is 8.76. The Labute approximate surface area is 101 Å². The highest BCUT2D eigenvalue weighted by Gasteiger charge is 2.08. The topological polar surface area (TPSA) is 49.8 Å². The number of nitriles is 1. The lowest BCUT2D eigenvalue weighted by Gasteiger charge is -2.11. The number of fused-ring (bicyclic) bond motifs is 1. The molecular weight excluding hydrogens is 220 g/mol. The smallest absolute Gasteiger partial charge is 0.0641 e. The van der Waals surface area contributed by atoms with Gasteiger partial charge < -0.3 is 5.73 Å². The van der Waals surface area contributed by atoms with Gasteiger partial charge in [-0.15, -0.1) is 12.4 Å². The van der Waals surface area contributed by atoms with E-state index in [1.54, 1.807) is 0 Å². The molecule has 0 aliphatic heterocycles. The molecule has 0 heterocycles. The lowest BCUT2D eigenvalue weighted by Crippen LogP contribution is -2.09. The molecule has 0 fully saturated rings. The Kier molecular flexibility index (Phi) is 4.30.